The maximum atomic E-state index is 13.0. The van der Waals surface area contributed by atoms with E-state index in [0.29, 0.717) is 25.9 Å². The van der Waals surface area contributed by atoms with Gasteiger partial charge in [-0.2, -0.15) is 0 Å². The Morgan fingerprint density at radius 1 is 0.931 bits per heavy atom. The molecule has 3 aromatic carbocycles. The van der Waals surface area contributed by atoms with Crippen LogP contribution < -0.4 is 22.1 Å². The highest BCUT2D eigenvalue weighted by molar-refractivity contribution is 6.03. The molecule has 0 saturated carbocycles. The van der Waals surface area contributed by atoms with Gasteiger partial charge in [-0.3, -0.25) is 9.79 Å². The topological polar surface area (TPSA) is 106 Å². The lowest BCUT2D eigenvalue weighted by Crippen LogP contribution is -2.40. The third kappa shape index (κ3) is 6.05. The molecular weight excluding hydrogens is 362 g/mol. The van der Waals surface area contributed by atoms with Gasteiger partial charge in [0, 0.05) is 24.2 Å². The molecule has 1 unspecified atom stereocenters. The first-order valence-corrected chi connectivity index (χ1v) is 9.75. The van der Waals surface area contributed by atoms with Crippen LogP contribution in [0.1, 0.15) is 18.4 Å². The molecule has 0 aliphatic rings. The summed E-state index contributed by atoms with van der Waals surface area (Å²) in [6.45, 7) is 1.10. The van der Waals surface area contributed by atoms with E-state index in [1.165, 1.54) is 0 Å². The Morgan fingerprint density at radius 2 is 1.66 bits per heavy atom. The van der Waals surface area contributed by atoms with Gasteiger partial charge in [0.2, 0.25) is 5.91 Å². The molecule has 1 amide bonds. The van der Waals surface area contributed by atoms with Crippen molar-refractivity contribution in [1.82, 2.24) is 5.32 Å². The molecule has 0 aromatic heterocycles. The molecule has 0 bridgehead atoms. The zero-order chi connectivity index (χ0) is 20.5. The Hall–Kier alpha value is -3.38. The number of nitrogens with zero attached hydrogens (tertiary/aromatic N) is 1. The van der Waals surface area contributed by atoms with Crippen molar-refractivity contribution in [3.05, 3.63) is 78.4 Å². The zero-order valence-corrected chi connectivity index (χ0v) is 16.3. The monoisotopic (exact) mass is 389 g/mol. The number of nitrogens with one attached hydrogen (secondary N) is 2. The number of fused-ring (bicyclic) bond motifs is 1. The molecule has 0 aliphatic carbocycles. The van der Waals surface area contributed by atoms with Crippen molar-refractivity contribution in [2.24, 2.45) is 16.5 Å². The van der Waals surface area contributed by atoms with Gasteiger partial charge in [-0.1, -0.05) is 66.7 Å². The molecule has 6 N–H and O–H groups in total. The molecule has 0 saturated heterocycles. The van der Waals surface area contributed by atoms with E-state index in [2.05, 4.69) is 15.6 Å². The first-order valence-electron chi connectivity index (χ1n) is 9.75. The minimum Gasteiger partial charge on any atom is -0.370 e. The number of rotatable bonds is 9. The molecule has 150 valence electrons. The van der Waals surface area contributed by atoms with Crippen LogP contribution >= 0.6 is 0 Å². The Morgan fingerprint density at radius 3 is 2.45 bits per heavy atom. The molecular formula is C23H27N5O. The lowest BCUT2D eigenvalue weighted by atomic mass is 10.1. The Bertz CT molecular complexity index is 962. The first kappa shape index (κ1) is 20.4. The van der Waals surface area contributed by atoms with Gasteiger partial charge in [-0.15, -0.1) is 0 Å². The van der Waals surface area contributed by atoms with Gasteiger partial charge < -0.3 is 22.1 Å². The van der Waals surface area contributed by atoms with E-state index in [-0.39, 0.29) is 17.9 Å². The van der Waals surface area contributed by atoms with Crippen LogP contribution in [0.3, 0.4) is 0 Å². The zero-order valence-electron chi connectivity index (χ0n) is 16.3. The molecule has 29 heavy (non-hydrogen) atoms. The maximum Gasteiger partial charge on any atom is 0.241 e. The van der Waals surface area contributed by atoms with E-state index in [1.807, 2.05) is 72.8 Å². The van der Waals surface area contributed by atoms with Gasteiger partial charge in [0.1, 0.15) is 0 Å². The summed E-state index contributed by atoms with van der Waals surface area (Å²) in [6, 6.07) is 23.6. The van der Waals surface area contributed by atoms with E-state index in [9.17, 15) is 4.79 Å². The average molecular weight is 390 g/mol. The largest absolute Gasteiger partial charge is 0.370 e. The average Bonchev–Trinajstić information content (AvgIpc) is 2.74. The summed E-state index contributed by atoms with van der Waals surface area (Å²) < 4.78 is 0. The SMILES string of the molecule is NC(N)=NCCCC(NCc1ccccc1)C(=O)Nc1cccc2ccccc12. The fourth-order valence-corrected chi connectivity index (χ4v) is 3.22. The molecule has 6 nitrogen and oxygen atoms in total. The van der Waals surface area contributed by atoms with E-state index in [1.54, 1.807) is 0 Å². The molecule has 3 aromatic rings. The van der Waals surface area contributed by atoms with Crippen LogP contribution in [-0.2, 0) is 11.3 Å². The van der Waals surface area contributed by atoms with Gasteiger partial charge in [0.05, 0.1) is 6.04 Å². The van der Waals surface area contributed by atoms with E-state index >= 15 is 0 Å². The summed E-state index contributed by atoms with van der Waals surface area (Å²) in [5.74, 6) is 0.000913. The van der Waals surface area contributed by atoms with Crippen LogP contribution in [0, 0.1) is 0 Å². The van der Waals surface area contributed by atoms with Gasteiger partial charge in [-0.25, -0.2) is 0 Å². The number of aliphatic imine (C=N–C) groups is 1. The van der Waals surface area contributed by atoms with Crippen molar-refractivity contribution in [2.75, 3.05) is 11.9 Å². The van der Waals surface area contributed by atoms with Crippen LogP contribution in [0.25, 0.3) is 10.8 Å². The van der Waals surface area contributed by atoms with Gasteiger partial charge in [0.25, 0.3) is 0 Å². The molecule has 3 rings (SSSR count). The molecule has 0 heterocycles. The molecule has 6 heteroatoms. The first-order chi connectivity index (χ1) is 14.1. The standard InChI is InChI=1S/C23H27N5O/c24-23(25)26-15-7-14-21(27-16-17-8-2-1-3-9-17)22(29)28-20-13-6-11-18-10-4-5-12-19(18)20/h1-6,8-13,21,27H,7,14-16H2,(H,28,29)(H4,24,25,26). The predicted octanol–water partition coefficient (Wildman–Crippen LogP) is 2.99. The van der Waals surface area contributed by atoms with Gasteiger partial charge >= 0.3 is 0 Å². The van der Waals surface area contributed by atoms with E-state index < -0.39 is 0 Å². The molecule has 1 atom stereocenters. The number of hydrogen-bond acceptors (Lipinski definition) is 3. The number of amides is 1. The highest BCUT2D eigenvalue weighted by atomic mass is 16.2. The Labute approximate surface area is 171 Å². The lowest BCUT2D eigenvalue weighted by Gasteiger charge is -2.19. The van der Waals surface area contributed by atoms with Crippen LogP contribution in [-0.4, -0.2) is 24.5 Å². The minimum atomic E-state index is -0.358. The van der Waals surface area contributed by atoms with Crippen molar-refractivity contribution in [2.45, 2.75) is 25.4 Å². The van der Waals surface area contributed by atoms with Crippen molar-refractivity contribution in [1.29, 1.82) is 0 Å². The molecule has 0 radical (unpaired) electrons. The number of guanidine groups is 1. The second-order valence-electron chi connectivity index (χ2n) is 6.88. The molecule has 0 aliphatic heterocycles. The van der Waals surface area contributed by atoms with Crippen molar-refractivity contribution in [3.63, 3.8) is 0 Å². The maximum absolute atomic E-state index is 13.0. The smallest absolute Gasteiger partial charge is 0.241 e. The normalized spacial score (nSPS) is 11.7. The fraction of sp³-hybridized carbons (Fsp3) is 0.217. The third-order valence-electron chi connectivity index (χ3n) is 4.70. The quantitative estimate of drug-likeness (QED) is 0.256. The predicted molar refractivity (Wildman–Crippen MR) is 120 cm³/mol. The van der Waals surface area contributed by atoms with Crippen molar-refractivity contribution >= 4 is 28.3 Å². The number of hydrogen-bond donors (Lipinski definition) is 4. The summed E-state index contributed by atoms with van der Waals surface area (Å²) in [5.41, 5.74) is 12.7. The van der Waals surface area contributed by atoms with Crippen LogP contribution in [0.15, 0.2) is 77.8 Å². The summed E-state index contributed by atoms with van der Waals surface area (Å²) in [4.78, 5) is 17.1. The van der Waals surface area contributed by atoms with Crippen LogP contribution in [0.2, 0.25) is 0 Å². The minimum absolute atomic E-state index is 0.0676. The highest BCUT2D eigenvalue weighted by Crippen LogP contribution is 2.23. The number of anilines is 1. The molecule has 0 fully saturated rings. The van der Waals surface area contributed by atoms with Crippen molar-refractivity contribution < 1.29 is 4.79 Å². The van der Waals surface area contributed by atoms with Crippen LogP contribution in [0.5, 0.6) is 0 Å². The van der Waals surface area contributed by atoms with Gasteiger partial charge in [0.15, 0.2) is 5.96 Å². The summed E-state index contributed by atoms with van der Waals surface area (Å²) in [6.07, 6.45) is 1.33. The Balaban J connectivity index is 1.70. The van der Waals surface area contributed by atoms with Crippen molar-refractivity contribution in [3.8, 4) is 0 Å². The summed E-state index contributed by atoms with van der Waals surface area (Å²) >= 11 is 0. The second kappa shape index (κ2) is 10.2. The lowest BCUT2D eigenvalue weighted by molar-refractivity contribution is -0.118. The molecule has 0 spiro atoms. The number of carbonyl (C=O) groups is 1. The number of nitrogens with two attached hydrogens (primary N) is 2. The van der Waals surface area contributed by atoms with Crippen LogP contribution in [0.4, 0.5) is 5.69 Å². The van der Waals surface area contributed by atoms with Gasteiger partial charge in [-0.05, 0) is 29.9 Å². The van der Waals surface area contributed by atoms with E-state index in [4.69, 9.17) is 11.5 Å². The summed E-state index contributed by atoms with van der Waals surface area (Å²) in [7, 11) is 0. The fourth-order valence-electron chi connectivity index (χ4n) is 3.22. The number of carbonyl (C=O) groups excluding carboxylic acids is 1. The summed E-state index contributed by atoms with van der Waals surface area (Å²) in [5, 5.41) is 8.56. The van der Waals surface area contributed by atoms with E-state index in [0.717, 1.165) is 22.0 Å². The Kier molecular flexibility index (Phi) is 7.19. The second-order valence-corrected chi connectivity index (χ2v) is 6.88. The third-order valence-corrected chi connectivity index (χ3v) is 4.70. The highest BCUT2D eigenvalue weighted by Gasteiger charge is 2.18. The number of benzene rings is 3.